The molecule has 2 heterocycles. The molecular formula is C16H10F2N4O3. The first kappa shape index (κ1) is 16.4. The molecule has 0 aliphatic carbocycles. The largest absolute Gasteiger partial charge is 0.291 e. The summed E-state index contributed by atoms with van der Waals surface area (Å²) < 4.78 is 28.1. The highest BCUT2D eigenvalue weighted by Crippen LogP contribution is 2.26. The first-order chi connectivity index (χ1) is 12.0. The molecule has 0 spiro atoms. The Morgan fingerprint density at radius 2 is 2.04 bits per heavy atom. The van der Waals surface area contributed by atoms with Crippen molar-refractivity contribution in [2.45, 2.75) is 6.42 Å². The molecule has 25 heavy (non-hydrogen) atoms. The van der Waals surface area contributed by atoms with Gasteiger partial charge in [0.1, 0.15) is 23.7 Å². The molecule has 0 amide bonds. The van der Waals surface area contributed by atoms with E-state index < -0.39 is 22.5 Å². The summed E-state index contributed by atoms with van der Waals surface area (Å²) in [5.74, 6) is -2.09. The maximum absolute atomic E-state index is 13.9. The fraction of sp³-hybridized carbons (Fsp3) is 0.0625. The van der Waals surface area contributed by atoms with Gasteiger partial charge in [0.05, 0.1) is 17.0 Å². The van der Waals surface area contributed by atoms with E-state index in [1.807, 2.05) is 0 Å². The number of rotatable bonds is 4. The molecule has 1 aromatic carbocycles. The Morgan fingerprint density at radius 3 is 2.68 bits per heavy atom. The smallest absolute Gasteiger partial charge is 0.276 e. The molecule has 0 bridgehead atoms. The van der Waals surface area contributed by atoms with Gasteiger partial charge >= 0.3 is 0 Å². The normalized spacial score (nSPS) is 10.6. The zero-order chi connectivity index (χ0) is 18.0. The number of pyridine rings is 1. The molecule has 0 fully saturated rings. The molecule has 3 rings (SSSR count). The van der Waals surface area contributed by atoms with Crippen LogP contribution in [0.15, 0.2) is 49.1 Å². The second-order valence-corrected chi connectivity index (χ2v) is 5.08. The number of imidazole rings is 1. The van der Waals surface area contributed by atoms with Crippen LogP contribution in [0.2, 0.25) is 0 Å². The van der Waals surface area contributed by atoms with Crippen LogP contribution in [-0.4, -0.2) is 25.4 Å². The molecule has 0 atom stereocenters. The third-order valence-corrected chi connectivity index (χ3v) is 3.46. The molecule has 126 valence electrons. The van der Waals surface area contributed by atoms with E-state index in [-0.39, 0.29) is 29.1 Å². The van der Waals surface area contributed by atoms with Gasteiger partial charge in [-0.05, 0) is 18.2 Å². The van der Waals surface area contributed by atoms with Crippen LogP contribution in [0.25, 0.3) is 11.3 Å². The number of nitrogens with zero attached hydrogens (tertiary/aromatic N) is 4. The van der Waals surface area contributed by atoms with Crippen LogP contribution in [0, 0.1) is 21.7 Å². The Labute approximate surface area is 139 Å². The topological polar surface area (TPSA) is 90.9 Å². The van der Waals surface area contributed by atoms with Gasteiger partial charge < -0.3 is 0 Å². The Balaban J connectivity index is 2.03. The van der Waals surface area contributed by atoms with Gasteiger partial charge in [0.2, 0.25) is 5.91 Å². The van der Waals surface area contributed by atoms with Gasteiger partial charge in [-0.1, -0.05) is 0 Å². The van der Waals surface area contributed by atoms with Gasteiger partial charge in [-0.25, -0.2) is 18.7 Å². The van der Waals surface area contributed by atoms with Gasteiger partial charge in [-0.15, -0.1) is 0 Å². The average molecular weight is 344 g/mol. The van der Waals surface area contributed by atoms with Gasteiger partial charge in [0.15, 0.2) is 0 Å². The van der Waals surface area contributed by atoms with Crippen molar-refractivity contribution in [3.8, 4) is 11.3 Å². The van der Waals surface area contributed by atoms with Gasteiger partial charge in [-0.3, -0.25) is 19.5 Å². The predicted octanol–water partition coefficient (Wildman–Crippen LogP) is 3.01. The number of nitro groups is 1. The lowest BCUT2D eigenvalue weighted by Crippen LogP contribution is -2.14. The number of hydrogen-bond donors (Lipinski definition) is 0. The van der Waals surface area contributed by atoms with E-state index in [0.29, 0.717) is 6.07 Å². The van der Waals surface area contributed by atoms with Crippen LogP contribution in [0.5, 0.6) is 0 Å². The number of aromatic nitrogens is 3. The zero-order valence-electron chi connectivity index (χ0n) is 12.6. The van der Waals surface area contributed by atoms with Crippen LogP contribution in [0.3, 0.4) is 0 Å². The molecule has 0 saturated carbocycles. The Morgan fingerprint density at radius 1 is 1.24 bits per heavy atom. The fourth-order valence-electron chi connectivity index (χ4n) is 2.28. The van der Waals surface area contributed by atoms with E-state index >= 15 is 0 Å². The van der Waals surface area contributed by atoms with Crippen molar-refractivity contribution in [3.05, 3.63) is 76.5 Å². The summed E-state index contributed by atoms with van der Waals surface area (Å²) in [7, 11) is 0. The number of hydrogen-bond acceptors (Lipinski definition) is 5. The summed E-state index contributed by atoms with van der Waals surface area (Å²) in [4.78, 5) is 30.4. The van der Waals surface area contributed by atoms with Gasteiger partial charge in [0, 0.05) is 30.1 Å². The molecule has 0 aliphatic rings. The average Bonchev–Trinajstić information content (AvgIpc) is 3.09. The first-order valence-electron chi connectivity index (χ1n) is 7.06. The van der Waals surface area contributed by atoms with Crippen molar-refractivity contribution in [3.63, 3.8) is 0 Å². The molecule has 0 saturated heterocycles. The monoisotopic (exact) mass is 344 g/mol. The second-order valence-electron chi connectivity index (χ2n) is 5.08. The summed E-state index contributed by atoms with van der Waals surface area (Å²) in [6.45, 7) is 0. The van der Waals surface area contributed by atoms with E-state index in [4.69, 9.17) is 0 Å². The molecule has 7 nitrogen and oxygen atoms in total. The van der Waals surface area contributed by atoms with Crippen molar-refractivity contribution in [1.82, 2.24) is 14.5 Å². The third kappa shape index (κ3) is 3.39. The lowest BCUT2D eigenvalue weighted by molar-refractivity contribution is -0.385. The van der Waals surface area contributed by atoms with Crippen molar-refractivity contribution in [2.24, 2.45) is 0 Å². The second kappa shape index (κ2) is 6.56. The molecule has 9 heteroatoms. The summed E-state index contributed by atoms with van der Waals surface area (Å²) in [6, 6.07) is 5.31. The number of carbonyl (C=O) groups is 1. The maximum atomic E-state index is 13.9. The zero-order valence-corrected chi connectivity index (χ0v) is 12.6. The number of carbonyl (C=O) groups excluding carboxylic acids is 1. The van der Waals surface area contributed by atoms with E-state index in [9.17, 15) is 23.7 Å². The molecule has 3 aromatic rings. The first-order valence-corrected chi connectivity index (χ1v) is 7.06. The van der Waals surface area contributed by atoms with Crippen molar-refractivity contribution < 1.29 is 18.5 Å². The summed E-state index contributed by atoms with van der Waals surface area (Å²) in [6.07, 6.45) is 3.68. The molecule has 0 N–H and O–H groups in total. The molecule has 2 aromatic heterocycles. The number of halogens is 2. The summed E-state index contributed by atoms with van der Waals surface area (Å²) in [5, 5.41) is 11.2. The van der Waals surface area contributed by atoms with Crippen LogP contribution in [0.4, 0.5) is 14.5 Å². The highest BCUT2D eigenvalue weighted by atomic mass is 19.1. The highest BCUT2D eigenvalue weighted by molar-refractivity contribution is 5.81. The minimum atomic E-state index is -0.853. The molecule has 0 unspecified atom stereocenters. The Hall–Kier alpha value is -3.49. The lowest BCUT2D eigenvalue weighted by atomic mass is 10.1. The third-order valence-electron chi connectivity index (χ3n) is 3.46. The molecule has 0 radical (unpaired) electrons. The summed E-state index contributed by atoms with van der Waals surface area (Å²) >= 11 is 0. The van der Waals surface area contributed by atoms with E-state index in [1.165, 1.54) is 30.9 Å². The van der Waals surface area contributed by atoms with Gasteiger partial charge in [0.25, 0.3) is 5.69 Å². The minimum Gasteiger partial charge on any atom is -0.276 e. The Bertz CT molecular complexity index is 958. The van der Waals surface area contributed by atoms with Crippen molar-refractivity contribution in [2.75, 3.05) is 0 Å². The quantitative estimate of drug-likeness (QED) is 0.536. The van der Waals surface area contributed by atoms with E-state index in [2.05, 4.69) is 9.97 Å². The van der Waals surface area contributed by atoms with Crippen molar-refractivity contribution in [1.29, 1.82) is 0 Å². The standard InChI is InChI=1S/C16H10F2N4O3/c17-10-1-2-11(12(18)7-10)13-3-4-15(22(24)25)14(20-13)8-16(23)21-6-5-19-9-21/h1-7,9H,8H2. The SMILES string of the molecule is O=C(Cc1nc(-c2ccc(F)cc2F)ccc1[N+](=O)[O-])n1ccnc1. The fourth-order valence-corrected chi connectivity index (χ4v) is 2.28. The van der Waals surface area contributed by atoms with Gasteiger partial charge in [-0.2, -0.15) is 0 Å². The minimum absolute atomic E-state index is 0.0207. The van der Waals surface area contributed by atoms with Crippen molar-refractivity contribution >= 4 is 11.6 Å². The predicted molar refractivity (Wildman–Crippen MR) is 82.8 cm³/mol. The lowest BCUT2D eigenvalue weighted by Gasteiger charge is -2.07. The van der Waals surface area contributed by atoms with E-state index in [1.54, 1.807) is 0 Å². The highest BCUT2D eigenvalue weighted by Gasteiger charge is 2.21. The van der Waals surface area contributed by atoms with Crippen LogP contribution in [0.1, 0.15) is 10.5 Å². The molecule has 0 aliphatic heterocycles. The van der Waals surface area contributed by atoms with Crippen LogP contribution < -0.4 is 0 Å². The summed E-state index contributed by atoms with van der Waals surface area (Å²) in [5.41, 5.74) is -0.436. The van der Waals surface area contributed by atoms with Crippen LogP contribution in [-0.2, 0) is 6.42 Å². The molecular weight excluding hydrogens is 334 g/mol. The van der Waals surface area contributed by atoms with E-state index in [0.717, 1.165) is 16.7 Å². The van der Waals surface area contributed by atoms with Crippen LogP contribution >= 0.6 is 0 Å². The Kier molecular flexibility index (Phi) is 4.29. The maximum Gasteiger partial charge on any atom is 0.291 e. The number of benzene rings is 1.